The van der Waals surface area contributed by atoms with Crippen LogP contribution in [0.25, 0.3) is 0 Å². The topological polar surface area (TPSA) is 64.1 Å². The van der Waals surface area contributed by atoms with Gasteiger partial charge < -0.3 is 10.1 Å². The number of benzene rings is 1. The summed E-state index contributed by atoms with van der Waals surface area (Å²) >= 11 is 7.15. The van der Waals surface area contributed by atoms with E-state index in [1.165, 1.54) is 18.3 Å². The van der Waals surface area contributed by atoms with Crippen LogP contribution in [0.15, 0.2) is 18.2 Å². The number of nitrogens with one attached hydrogen (secondary N) is 1. The molecule has 1 N–H and O–H groups in total. The molecule has 100 valence electrons. The Morgan fingerprint density at radius 2 is 2.26 bits per heavy atom. The summed E-state index contributed by atoms with van der Waals surface area (Å²) in [5, 5.41) is 12.2. The third-order valence-corrected chi connectivity index (χ3v) is 3.29. The molecule has 0 atom stereocenters. The molecular formula is C12H12ClN3O2S. The molecule has 0 radical (unpaired) electrons. The van der Waals surface area contributed by atoms with Gasteiger partial charge in [-0.25, -0.2) is 0 Å². The molecule has 2 aromatic rings. The van der Waals surface area contributed by atoms with Gasteiger partial charge >= 0.3 is 0 Å². The van der Waals surface area contributed by atoms with Crippen LogP contribution in [0.5, 0.6) is 5.75 Å². The fraction of sp³-hybridized carbons (Fsp3) is 0.250. The fourth-order valence-corrected chi connectivity index (χ4v) is 2.35. The highest BCUT2D eigenvalue weighted by atomic mass is 35.5. The van der Waals surface area contributed by atoms with Crippen LogP contribution in [-0.4, -0.2) is 16.1 Å². The van der Waals surface area contributed by atoms with E-state index in [4.69, 9.17) is 16.3 Å². The Kier molecular flexibility index (Phi) is 4.34. The van der Waals surface area contributed by atoms with Gasteiger partial charge in [-0.2, -0.15) is 0 Å². The first kappa shape index (κ1) is 13.8. The number of carbonyl (C=O) groups excluding carboxylic acids is 1. The van der Waals surface area contributed by atoms with Crippen LogP contribution in [0.1, 0.15) is 17.5 Å². The second kappa shape index (κ2) is 5.99. The minimum Gasteiger partial charge on any atom is -0.486 e. The van der Waals surface area contributed by atoms with E-state index in [1.807, 2.05) is 19.1 Å². The first-order chi connectivity index (χ1) is 9.04. The van der Waals surface area contributed by atoms with E-state index >= 15 is 0 Å². The zero-order valence-electron chi connectivity index (χ0n) is 10.4. The number of carbonyl (C=O) groups is 1. The Hall–Kier alpha value is -1.66. The summed E-state index contributed by atoms with van der Waals surface area (Å²) in [6.45, 7) is 3.65. The van der Waals surface area contributed by atoms with Crippen molar-refractivity contribution in [3.63, 3.8) is 0 Å². The van der Waals surface area contributed by atoms with Crippen LogP contribution in [0.4, 0.5) is 5.13 Å². The number of nitrogens with zero attached hydrogens (tertiary/aromatic N) is 2. The second-order valence-electron chi connectivity index (χ2n) is 3.88. The van der Waals surface area contributed by atoms with Crippen LogP contribution in [0.2, 0.25) is 5.02 Å². The first-order valence-corrected chi connectivity index (χ1v) is 6.73. The van der Waals surface area contributed by atoms with Gasteiger partial charge in [0.1, 0.15) is 12.4 Å². The van der Waals surface area contributed by atoms with Gasteiger partial charge in [-0.15, -0.1) is 10.2 Å². The van der Waals surface area contributed by atoms with Crippen LogP contribution in [-0.2, 0) is 11.4 Å². The van der Waals surface area contributed by atoms with Crippen molar-refractivity contribution >= 4 is 34.0 Å². The van der Waals surface area contributed by atoms with E-state index in [2.05, 4.69) is 15.5 Å². The number of amides is 1. The molecule has 2 rings (SSSR count). The van der Waals surface area contributed by atoms with Crippen molar-refractivity contribution < 1.29 is 9.53 Å². The Balaban J connectivity index is 1.98. The predicted octanol–water partition coefficient (Wildman–Crippen LogP) is 3.04. The van der Waals surface area contributed by atoms with Gasteiger partial charge in [0, 0.05) is 11.9 Å². The Labute approximate surface area is 119 Å². The van der Waals surface area contributed by atoms with Gasteiger partial charge in [-0.3, -0.25) is 4.79 Å². The zero-order chi connectivity index (χ0) is 13.8. The lowest BCUT2D eigenvalue weighted by molar-refractivity contribution is -0.114. The molecule has 1 amide bonds. The number of hydrogen-bond acceptors (Lipinski definition) is 5. The molecule has 0 fully saturated rings. The number of halogens is 1. The molecule has 0 aliphatic heterocycles. The van der Waals surface area contributed by atoms with Crippen LogP contribution < -0.4 is 10.1 Å². The molecule has 7 heteroatoms. The summed E-state index contributed by atoms with van der Waals surface area (Å²) in [5.74, 6) is 0.581. The highest BCUT2D eigenvalue weighted by Crippen LogP contribution is 2.23. The van der Waals surface area contributed by atoms with Crippen LogP contribution >= 0.6 is 22.9 Å². The Bertz CT molecular complexity index is 600. The number of anilines is 1. The van der Waals surface area contributed by atoms with Gasteiger partial charge in [0.2, 0.25) is 11.0 Å². The maximum absolute atomic E-state index is 10.9. The number of hydrogen-bond donors (Lipinski definition) is 1. The summed E-state index contributed by atoms with van der Waals surface area (Å²) in [6, 6.07) is 5.42. The van der Waals surface area contributed by atoms with Crippen LogP contribution in [0.3, 0.4) is 0 Å². The minimum absolute atomic E-state index is 0.169. The van der Waals surface area contributed by atoms with Crippen molar-refractivity contribution in [1.82, 2.24) is 10.2 Å². The summed E-state index contributed by atoms with van der Waals surface area (Å²) < 4.78 is 5.63. The average Bonchev–Trinajstić information content (AvgIpc) is 2.74. The van der Waals surface area contributed by atoms with Crippen molar-refractivity contribution in [3.8, 4) is 5.75 Å². The monoisotopic (exact) mass is 297 g/mol. The lowest BCUT2D eigenvalue weighted by atomic mass is 10.2. The van der Waals surface area contributed by atoms with Gasteiger partial charge in [0.25, 0.3) is 0 Å². The molecule has 0 aliphatic carbocycles. The molecular weight excluding hydrogens is 286 g/mol. The van der Waals surface area contributed by atoms with Crippen molar-refractivity contribution in [1.29, 1.82) is 0 Å². The third-order valence-electron chi connectivity index (χ3n) is 2.24. The summed E-state index contributed by atoms with van der Waals surface area (Å²) in [7, 11) is 0. The molecule has 0 saturated carbocycles. The molecule has 0 spiro atoms. The van der Waals surface area contributed by atoms with E-state index in [1.54, 1.807) is 6.07 Å². The largest absolute Gasteiger partial charge is 0.486 e. The number of aromatic nitrogens is 2. The highest BCUT2D eigenvalue weighted by Gasteiger charge is 2.07. The third kappa shape index (κ3) is 3.90. The van der Waals surface area contributed by atoms with E-state index < -0.39 is 0 Å². The number of ether oxygens (including phenoxy) is 1. The fourth-order valence-electron chi connectivity index (χ4n) is 1.43. The predicted molar refractivity (Wildman–Crippen MR) is 74.7 cm³/mol. The highest BCUT2D eigenvalue weighted by molar-refractivity contribution is 7.15. The van der Waals surface area contributed by atoms with Crippen molar-refractivity contribution in [3.05, 3.63) is 33.8 Å². The quantitative estimate of drug-likeness (QED) is 0.942. The summed E-state index contributed by atoms with van der Waals surface area (Å²) in [6.07, 6.45) is 0. The van der Waals surface area contributed by atoms with Gasteiger partial charge in [0.05, 0.1) is 0 Å². The molecule has 1 aromatic carbocycles. The maximum Gasteiger partial charge on any atom is 0.223 e. The normalized spacial score (nSPS) is 10.3. The Morgan fingerprint density at radius 3 is 2.95 bits per heavy atom. The second-order valence-corrected chi connectivity index (χ2v) is 5.38. The zero-order valence-corrected chi connectivity index (χ0v) is 12.0. The lowest BCUT2D eigenvalue weighted by Crippen LogP contribution is -2.04. The van der Waals surface area contributed by atoms with Gasteiger partial charge in [-0.1, -0.05) is 22.9 Å². The summed E-state index contributed by atoms with van der Waals surface area (Å²) in [5.41, 5.74) is 0.957. The average molecular weight is 298 g/mol. The number of aryl methyl sites for hydroxylation is 1. The lowest BCUT2D eigenvalue weighted by Gasteiger charge is -2.07. The van der Waals surface area contributed by atoms with E-state index in [-0.39, 0.29) is 5.91 Å². The van der Waals surface area contributed by atoms with E-state index in [0.29, 0.717) is 21.8 Å². The minimum atomic E-state index is -0.169. The molecule has 1 heterocycles. The molecule has 1 aromatic heterocycles. The van der Waals surface area contributed by atoms with Crippen molar-refractivity contribution in [2.45, 2.75) is 20.5 Å². The van der Waals surface area contributed by atoms with Gasteiger partial charge in [0.15, 0.2) is 5.01 Å². The smallest absolute Gasteiger partial charge is 0.223 e. The maximum atomic E-state index is 10.9. The van der Waals surface area contributed by atoms with Crippen molar-refractivity contribution in [2.24, 2.45) is 0 Å². The molecule has 5 nitrogen and oxygen atoms in total. The summed E-state index contributed by atoms with van der Waals surface area (Å²) in [4.78, 5) is 10.9. The standard InChI is InChI=1S/C12H12ClN3O2S/c1-7-5-9(13)3-4-10(7)18-6-11-15-16-12(19-11)14-8(2)17/h3-5H,6H2,1-2H3,(H,14,16,17). The molecule has 0 saturated heterocycles. The van der Waals surface area contributed by atoms with Gasteiger partial charge in [-0.05, 0) is 30.7 Å². The van der Waals surface area contributed by atoms with E-state index in [0.717, 1.165) is 11.3 Å². The molecule has 0 unspecified atom stereocenters. The van der Waals surface area contributed by atoms with Crippen LogP contribution in [0, 0.1) is 6.92 Å². The number of rotatable bonds is 4. The van der Waals surface area contributed by atoms with E-state index in [9.17, 15) is 4.79 Å². The molecule has 0 aliphatic rings. The first-order valence-electron chi connectivity index (χ1n) is 5.53. The van der Waals surface area contributed by atoms with Crippen molar-refractivity contribution in [2.75, 3.05) is 5.32 Å². The SMILES string of the molecule is CC(=O)Nc1nnc(COc2ccc(Cl)cc2C)s1. The molecule has 0 bridgehead atoms. The Morgan fingerprint density at radius 1 is 1.47 bits per heavy atom. The molecule has 19 heavy (non-hydrogen) atoms.